The van der Waals surface area contributed by atoms with Gasteiger partial charge in [-0.3, -0.25) is 14.6 Å². The third-order valence-electron chi connectivity index (χ3n) is 6.25. The Kier molecular flexibility index (Phi) is 6.00. The molecule has 166 valence electrons. The van der Waals surface area contributed by atoms with Crippen molar-refractivity contribution in [3.8, 4) is 5.75 Å². The molecule has 0 fully saturated rings. The highest BCUT2D eigenvalue weighted by Crippen LogP contribution is 2.49. The molecule has 4 rings (SSSR count). The molecule has 0 bridgehead atoms. The summed E-state index contributed by atoms with van der Waals surface area (Å²) in [6.07, 6.45) is 1.13. The number of para-hydroxylation sites is 1. The van der Waals surface area contributed by atoms with Gasteiger partial charge in [-0.25, -0.2) is 0 Å². The number of nitrogens with zero attached hydrogens (tertiary/aromatic N) is 1. The first-order chi connectivity index (χ1) is 15.3. The molecule has 1 aliphatic heterocycles. The predicted molar refractivity (Wildman–Crippen MR) is 124 cm³/mol. The number of carbonyl (C=O) groups is 2. The van der Waals surface area contributed by atoms with Crippen LogP contribution in [0.4, 0.5) is 0 Å². The fourth-order valence-electron chi connectivity index (χ4n) is 4.82. The molecule has 2 aliphatic rings. The summed E-state index contributed by atoms with van der Waals surface area (Å²) in [4.78, 5) is 31.0. The van der Waals surface area contributed by atoms with Crippen LogP contribution in [0.2, 0.25) is 0 Å². The summed E-state index contributed by atoms with van der Waals surface area (Å²) < 4.78 is 11.3. The Bertz CT molecular complexity index is 1100. The van der Waals surface area contributed by atoms with Crippen molar-refractivity contribution in [3.05, 3.63) is 77.0 Å². The number of hydrogen-bond acceptors (Lipinski definition) is 5. The summed E-state index contributed by atoms with van der Waals surface area (Å²) >= 11 is 0. The van der Waals surface area contributed by atoms with E-state index in [1.54, 1.807) is 0 Å². The molecule has 0 radical (unpaired) electrons. The molecule has 1 aliphatic carbocycles. The Hall–Kier alpha value is -3.21. The van der Waals surface area contributed by atoms with E-state index < -0.39 is 17.8 Å². The van der Waals surface area contributed by atoms with Gasteiger partial charge in [0.25, 0.3) is 0 Å². The zero-order valence-electron chi connectivity index (χ0n) is 19.1. The second-order valence-corrected chi connectivity index (χ2v) is 9.35. The number of aliphatic imine (C=N–C) groups is 1. The molecule has 32 heavy (non-hydrogen) atoms. The van der Waals surface area contributed by atoms with Crippen molar-refractivity contribution in [1.29, 1.82) is 0 Å². The number of allylic oxidation sites excluding steroid dienone is 2. The summed E-state index contributed by atoms with van der Waals surface area (Å²) in [6.45, 7) is 6.40. The minimum atomic E-state index is -0.662. The Morgan fingerprint density at radius 2 is 1.75 bits per heavy atom. The first-order valence-corrected chi connectivity index (χ1v) is 11.0. The molecule has 2 atom stereocenters. The maximum atomic E-state index is 13.4. The smallest absolute Gasteiger partial charge is 0.315 e. The maximum Gasteiger partial charge on any atom is 0.315 e. The fraction of sp³-hybridized carbons (Fsp3) is 0.370. The summed E-state index contributed by atoms with van der Waals surface area (Å²) in [7, 11) is 1.38. The van der Waals surface area contributed by atoms with Crippen LogP contribution in [0.5, 0.6) is 5.75 Å². The monoisotopic (exact) mass is 431 g/mol. The van der Waals surface area contributed by atoms with Gasteiger partial charge in [-0.2, -0.15) is 0 Å². The quantitative estimate of drug-likeness (QED) is 0.606. The van der Waals surface area contributed by atoms with Crippen molar-refractivity contribution < 1.29 is 19.1 Å². The average Bonchev–Trinajstić information content (AvgIpc) is 2.76. The SMILES string of the molecule is COC(=O)C1C(C)=NC2=C(C(=O)CC(C)(C)C2)[C@H]1c1ccccc1OCc1ccccc1. The molecule has 2 aromatic rings. The van der Waals surface area contributed by atoms with Crippen LogP contribution in [0, 0.1) is 11.3 Å². The number of benzene rings is 2. The summed E-state index contributed by atoms with van der Waals surface area (Å²) in [5.74, 6) is -0.826. The second kappa shape index (κ2) is 8.73. The topological polar surface area (TPSA) is 65.0 Å². The molecule has 5 heteroatoms. The normalized spacial score (nSPS) is 22.1. The molecule has 0 saturated heterocycles. The zero-order valence-corrected chi connectivity index (χ0v) is 19.1. The number of Topliss-reactive ketones (excluding diaryl/α,β-unsaturated/α-hetero) is 1. The molecule has 1 heterocycles. The van der Waals surface area contributed by atoms with Gasteiger partial charge in [0.05, 0.1) is 7.11 Å². The van der Waals surface area contributed by atoms with Gasteiger partial charge in [0, 0.05) is 34.9 Å². The minimum absolute atomic E-state index is 0.0456. The maximum absolute atomic E-state index is 13.4. The van der Waals surface area contributed by atoms with Crippen LogP contribution >= 0.6 is 0 Å². The Morgan fingerprint density at radius 1 is 1.06 bits per heavy atom. The van der Waals surface area contributed by atoms with Crippen LogP contribution in [0.3, 0.4) is 0 Å². The predicted octanol–water partition coefficient (Wildman–Crippen LogP) is 5.26. The van der Waals surface area contributed by atoms with E-state index in [1.807, 2.05) is 61.5 Å². The fourth-order valence-corrected chi connectivity index (χ4v) is 4.82. The van der Waals surface area contributed by atoms with Gasteiger partial charge in [0.15, 0.2) is 5.78 Å². The summed E-state index contributed by atoms with van der Waals surface area (Å²) in [6, 6.07) is 17.6. The standard InChI is InChI=1S/C27H29NO4/c1-17-23(26(30)31-4)24(25-20(28-17)14-27(2,3)15-21(25)29)19-12-8-9-13-22(19)32-16-18-10-6-5-7-11-18/h5-13,23-24H,14-16H2,1-4H3/t23?,24-/m0/s1. The molecule has 0 aromatic heterocycles. The van der Waals surface area contributed by atoms with E-state index in [9.17, 15) is 9.59 Å². The van der Waals surface area contributed by atoms with Crippen molar-refractivity contribution in [2.24, 2.45) is 16.3 Å². The highest BCUT2D eigenvalue weighted by molar-refractivity contribution is 6.09. The van der Waals surface area contributed by atoms with Crippen molar-refractivity contribution in [3.63, 3.8) is 0 Å². The first kappa shape index (κ1) is 22.0. The lowest BCUT2D eigenvalue weighted by molar-refractivity contribution is -0.143. The number of ether oxygens (including phenoxy) is 2. The van der Waals surface area contributed by atoms with Gasteiger partial charge in [-0.05, 0) is 30.4 Å². The van der Waals surface area contributed by atoms with E-state index in [-0.39, 0.29) is 11.2 Å². The van der Waals surface area contributed by atoms with Crippen molar-refractivity contribution in [2.45, 2.75) is 46.1 Å². The van der Waals surface area contributed by atoms with E-state index in [1.165, 1.54) is 7.11 Å². The van der Waals surface area contributed by atoms with E-state index in [4.69, 9.17) is 14.5 Å². The number of carbonyl (C=O) groups excluding carboxylic acids is 2. The molecule has 1 unspecified atom stereocenters. The van der Waals surface area contributed by atoms with E-state index in [0.29, 0.717) is 36.5 Å². The summed E-state index contributed by atoms with van der Waals surface area (Å²) in [5.41, 5.74) is 3.78. The van der Waals surface area contributed by atoms with Crippen LogP contribution in [0.25, 0.3) is 0 Å². The second-order valence-electron chi connectivity index (χ2n) is 9.35. The van der Waals surface area contributed by atoms with Gasteiger partial charge in [0.2, 0.25) is 0 Å². The van der Waals surface area contributed by atoms with Gasteiger partial charge >= 0.3 is 5.97 Å². The lowest BCUT2D eigenvalue weighted by atomic mass is 9.66. The molecular formula is C27H29NO4. The third kappa shape index (κ3) is 4.24. The average molecular weight is 432 g/mol. The highest BCUT2D eigenvalue weighted by Gasteiger charge is 2.46. The van der Waals surface area contributed by atoms with Crippen LogP contribution < -0.4 is 4.74 Å². The van der Waals surface area contributed by atoms with Crippen LogP contribution in [-0.2, 0) is 20.9 Å². The van der Waals surface area contributed by atoms with Gasteiger partial charge in [0.1, 0.15) is 18.3 Å². The Morgan fingerprint density at radius 3 is 2.47 bits per heavy atom. The summed E-state index contributed by atoms with van der Waals surface area (Å²) in [5, 5.41) is 0. The molecule has 5 nitrogen and oxygen atoms in total. The molecule has 2 aromatic carbocycles. The lowest BCUT2D eigenvalue weighted by Gasteiger charge is -2.39. The molecular weight excluding hydrogens is 402 g/mol. The van der Waals surface area contributed by atoms with Crippen LogP contribution in [-0.4, -0.2) is 24.6 Å². The Balaban J connectivity index is 1.80. The molecule has 0 amide bonds. The van der Waals surface area contributed by atoms with Gasteiger partial charge < -0.3 is 9.47 Å². The number of rotatable bonds is 5. The van der Waals surface area contributed by atoms with E-state index >= 15 is 0 Å². The number of hydrogen-bond donors (Lipinski definition) is 0. The largest absolute Gasteiger partial charge is 0.489 e. The number of methoxy groups -OCH3 is 1. The molecule has 0 saturated carbocycles. The van der Waals surface area contributed by atoms with Gasteiger partial charge in [-0.1, -0.05) is 62.4 Å². The van der Waals surface area contributed by atoms with Crippen molar-refractivity contribution in [2.75, 3.05) is 7.11 Å². The number of ketones is 1. The van der Waals surface area contributed by atoms with Crippen molar-refractivity contribution >= 4 is 17.5 Å². The first-order valence-electron chi connectivity index (χ1n) is 11.0. The Labute approximate surface area is 189 Å². The third-order valence-corrected chi connectivity index (χ3v) is 6.25. The van der Waals surface area contributed by atoms with Crippen LogP contribution in [0.15, 0.2) is 70.9 Å². The number of esters is 1. The molecule has 0 spiro atoms. The zero-order chi connectivity index (χ0) is 22.9. The van der Waals surface area contributed by atoms with E-state index in [0.717, 1.165) is 16.8 Å². The lowest BCUT2D eigenvalue weighted by Crippen LogP contribution is -2.39. The van der Waals surface area contributed by atoms with Gasteiger partial charge in [-0.15, -0.1) is 0 Å². The minimum Gasteiger partial charge on any atom is -0.489 e. The molecule has 0 N–H and O–H groups in total. The van der Waals surface area contributed by atoms with Crippen molar-refractivity contribution in [1.82, 2.24) is 0 Å². The van der Waals surface area contributed by atoms with Crippen LogP contribution in [0.1, 0.15) is 50.7 Å². The highest BCUT2D eigenvalue weighted by atomic mass is 16.5. The van der Waals surface area contributed by atoms with E-state index in [2.05, 4.69) is 13.8 Å².